The van der Waals surface area contributed by atoms with Crippen molar-refractivity contribution in [3.8, 4) is 17.2 Å². The van der Waals surface area contributed by atoms with Crippen LogP contribution in [0.2, 0.25) is 0 Å². The van der Waals surface area contributed by atoms with Crippen molar-refractivity contribution in [1.82, 2.24) is 0 Å². The highest BCUT2D eigenvalue weighted by molar-refractivity contribution is 5.36. The van der Waals surface area contributed by atoms with Crippen LogP contribution < -0.4 is 9.47 Å². The Hall–Kier alpha value is -2.17. The van der Waals surface area contributed by atoms with E-state index in [4.69, 9.17) is 4.74 Å². The third kappa shape index (κ3) is 6.21. The molecule has 0 aromatic heterocycles. The van der Waals surface area contributed by atoms with Gasteiger partial charge in [0.05, 0.1) is 0 Å². The zero-order valence-corrected chi connectivity index (χ0v) is 12.1. The Balaban J connectivity index is 0.00000106. The molecule has 0 spiro atoms. The van der Waals surface area contributed by atoms with Crippen LogP contribution in [-0.2, 0) is 0 Å². The first-order valence-electron chi connectivity index (χ1n) is 6.53. The van der Waals surface area contributed by atoms with E-state index in [-0.39, 0.29) is 5.75 Å². The van der Waals surface area contributed by atoms with Gasteiger partial charge in [0, 0.05) is 0 Å². The van der Waals surface area contributed by atoms with E-state index in [0.29, 0.717) is 11.5 Å². The first-order valence-corrected chi connectivity index (χ1v) is 6.53. The average molecular weight is 298 g/mol. The molecule has 2 nitrogen and oxygen atoms in total. The van der Waals surface area contributed by atoms with Crippen LogP contribution in [0.25, 0.3) is 0 Å². The van der Waals surface area contributed by atoms with Crippen LogP contribution in [0, 0.1) is 6.92 Å². The van der Waals surface area contributed by atoms with E-state index >= 15 is 0 Å². The molecular formula is C16H17F3O2. The lowest BCUT2D eigenvalue weighted by molar-refractivity contribution is -0.274. The number of ether oxygens (including phenoxy) is 2. The fraction of sp³-hybridized carbons (Fsp3) is 0.250. The molecule has 0 heterocycles. The lowest BCUT2D eigenvalue weighted by Crippen LogP contribution is -2.16. The summed E-state index contributed by atoms with van der Waals surface area (Å²) in [6.07, 6.45) is -4.68. The third-order valence-electron chi connectivity index (χ3n) is 2.31. The Labute approximate surface area is 122 Å². The van der Waals surface area contributed by atoms with E-state index in [2.05, 4.69) is 4.74 Å². The summed E-state index contributed by atoms with van der Waals surface area (Å²) in [6.45, 7) is 5.95. The summed E-state index contributed by atoms with van der Waals surface area (Å²) >= 11 is 0. The number of benzene rings is 2. The van der Waals surface area contributed by atoms with Gasteiger partial charge in [-0.3, -0.25) is 0 Å². The minimum Gasteiger partial charge on any atom is -0.457 e. The third-order valence-corrected chi connectivity index (χ3v) is 2.31. The Kier molecular flexibility index (Phi) is 6.09. The molecule has 0 aliphatic rings. The van der Waals surface area contributed by atoms with E-state index < -0.39 is 6.36 Å². The molecule has 0 atom stereocenters. The minimum atomic E-state index is -4.68. The van der Waals surface area contributed by atoms with E-state index in [1.54, 1.807) is 12.1 Å². The Morgan fingerprint density at radius 2 is 1.10 bits per heavy atom. The predicted molar refractivity (Wildman–Crippen MR) is 75.7 cm³/mol. The summed E-state index contributed by atoms with van der Waals surface area (Å²) in [5.74, 6) is 0.789. The molecule has 0 saturated carbocycles. The number of alkyl halides is 3. The van der Waals surface area contributed by atoms with Gasteiger partial charge >= 0.3 is 6.36 Å². The van der Waals surface area contributed by atoms with E-state index in [0.717, 1.165) is 5.56 Å². The summed E-state index contributed by atoms with van der Waals surface area (Å²) < 4.78 is 45.2. The molecule has 0 amide bonds. The van der Waals surface area contributed by atoms with Gasteiger partial charge in [0.15, 0.2) is 0 Å². The first-order chi connectivity index (χ1) is 9.92. The average Bonchev–Trinajstić information content (AvgIpc) is 2.44. The Morgan fingerprint density at radius 3 is 1.52 bits per heavy atom. The summed E-state index contributed by atoms with van der Waals surface area (Å²) in [4.78, 5) is 0. The number of halogens is 3. The Bertz CT molecular complexity index is 531. The number of hydrogen-bond acceptors (Lipinski definition) is 2. The van der Waals surface area contributed by atoms with Gasteiger partial charge in [-0.15, -0.1) is 13.2 Å². The Morgan fingerprint density at radius 1 is 0.714 bits per heavy atom. The number of aryl methyl sites for hydroxylation is 1. The molecule has 21 heavy (non-hydrogen) atoms. The van der Waals surface area contributed by atoms with Crippen molar-refractivity contribution in [3.05, 3.63) is 54.1 Å². The molecule has 2 aromatic rings. The highest BCUT2D eigenvalue weighted by atomic mass is 19.4. The van der Waals surface area contributed by atoms with Crippen LogP contribution in [0.1, 0.15) is 19.4 Å². The van der Waals surface area contributed by atoms with Crippen LogP contribution in [0.4, 0.5) is 13.2 Å². The minimum absolute atomic E-state index is 0.274. The van der Waals surface area contributed by atoms with E-state index in [1.165, 1.54) is 24.3 Å². The van der Waals surface area contributed by atoms with E-state index in [9.17, 15) is 13.2 Å². The predicted octanol–water partition coefficient (Wildman–Crippen LogP) is 5.71. The smallest absolute Gasteiger partial charge is 0.457 e. The quantitative estimate of drug-likeness (QED) is 0.722. The molecular weight excluding hydrogens is 281 g/mol. The lowest BCUT2D eigenvalue weighted by atomic mass is 10.2. The van der Waals surface area contributed by atoms with Crippen LogP contribution >= 0.6 is 0 Å². The van der Waals surface area contributed by atoms with Gasteiger partial charge in [-0.1, -0.05) is 31.5 Å². The van der Waals surface area contributed by atoms with Crippen molar-refractivity contribution in [2.24, 2.45) is 0 Å². The topological polar surface area (TPSA) is 18.5 Å². The molecule has 0 fully saturated rings. The standard InChI is InChI=1S/C14H11F3O2.C2H6/c1-10-2-4-11(5-3-10)18-12-6-8-13(9-7-12)19-14(15,16)17;1-2/h2-9H,1H3;1-2H3. The van der Waals surface area contributed by atoms with Crippen molar-refractivity contribution in [1.29, 1.82) is 0 Å². The molecule has 5 heteroatoms. The van der Waals surface area contributed by atoms with Crippen molar-refractivity contribution >= 4 is 0 Å². The fourth-order valence-corrected chi connectivity index (χ4v) is 1.45. The largest absolute Gasteiger partial charge is 0.573 e. The van der Waals surface area contributed by atoms with Crippen LogP contribution in [0.5, 0.6) is 17.2 Å². The molecule has 0 bridgehead atoms. The highest BCUT2D eigenvalue weighted by Crippen LogP contribution is 2.27. The van der Waals surface area contributed by atoms with Gasteiger partial charge in [-0.05, 0) is 43.3 Å². The summed E-state index contributed by atoms with van der Waals surface area (Å²) in [5, 5.41) is 0. The second-order valence-electron chi connectivity index (χ2n) is 3.93. The summed E-state index contributed by atoms with van der Waals surface area (Å²) in [7, 11) is 0. The van der Waals surface area contributed by atoms with Gasteiger partial charge in [0.1, 0.15) is 17.2 Å². The van der Waals surface area contributed by atoms with Crippen LogP contribution in [0.15, 0.2) is 48.5 Å². The molecule has 0 radical (unpaired) electrons. The maximum Gasteiger partial charge on any atom is 0.573 e. The lowest BCUT2D eigenvalue weighted by Gasteiger charge is -2.10. The van der Waals surface area contributed by atoms with Crippen molar-refractivity contribution < 1.29 is 22.6 Å². The molecule has 114 valence electrons. The van der Waals surface area contributed by atoms with Crippen LogP contribution in [-0.4, -0.2) is 6.36 Å². The van der Waals surface area contributed by atoms with E-state index in [1.807, 2.05) is 32.9 Å². The van der Waals surface area contributed by atoms with Crippen molar-refractivity contribution in [2.45, 2.75) is 27.1 Å². The summed E-state index contributed by atoms with van der Waals surface area (Å²) in [6, 6.07) is 12.6. The van der Waals surface area contributed by atoms with Crippen LogP contribution in [0.3, 0.4) is 0 Å². The fourth-order valence-electron chi connectivity index (χ4n) is 1.45. The highest BCUT2D eigenvalue weighted by Gasteiger charge is 2.30. The second kappa shape index (κ2) is 7.57. The van der Waals surface area contributed by atoms with Gasteiger partial charge in [0.2, 0.25) is 0 Å². The molecule has 0 N–H and O–H groups in total. The zero-order chi connectivity index (χ0) is 15.9. The van der Waals surface area contributed by atoms with Gasteiger partial charge in [0.25, 0.3) is 0 Å². The maximum absolute atomic E-state index is 12.0. The normalized spacial score (nSPS) is 10.4. The monoisotopic (exact) mass is 298 g/mol. The molecule has 0 unspecified atom stereocenters. The molecule has 2 rings (SSSR count). The van der Waals surface area contributed by atoms with Gasteiger partial charge in [-0.2, -0.15) is 0 Å². The first kappa shape index (κ1) is 16.9. The number of hydrogen-bond donors (Lipinski definition) is 0. The number of rotatable bonds is 3. The zero-order valence-electron chi connectivity index (χ0n) is 12.1. The summed E-state index contributed by atoms with van der Waals surface area (Å²) in [5.41, 5.74) is 1.10. The SMILES string of the molecule is CC.Cc1ccc(Oc2ccc(OC(F)(F)F)cc2)cc1. The maximum atomic E-state index is 12.0. The molecule has 0 aliphatic carbocycles. The van der Waals surface area contributed by atoms with Gasteiger partial charge < -0.3 is 9.47 Å². The molecule has 0 saturated heterocycles. The van der Waals surface area contributed by atoms with Gasteiger partial charge in [-0.25, -0.2) is 0 Å². The van der Waals surface area contributed by atoms with Crippen molar-refractivity contribution in [3.63, 3.8) is 0 Å². The second-order valence-corrected chi connectivity index (χ2v) is 3.93. The van der Waals surface area contributed by atoms with Crippen molar-refractivity contribution in [2.75, 3.05) is 0 Å². The molecule has 2 aromatic carbocycles. The molecule has 0 aliphatic heterocycles.